The van der Waals surface area contributed by atoms with Gasteiger partial charge >= 0.3 is 0 Å². The van der Waals surface area contributed by atoms with Crippen LogP contribution in [0.5, 0.6) is 11.5 Å². The number of nitrogens with zero attached hydrogens (tertiary/aromatic N) is 2. The molecule has 0 unspecified atom stereocenters. The number of anilines is 1. The van der Waals surface area contributed by atoms with Crippen molar-refractivity contribution in [2.75, 3.05) is 18.5 Å². The van der Waals surface area contributed by atoms with Crippen molar-refractivity contribution in [1.29, 1.82) is 0 Å². The summed E-state index contributed by atoms with van der Waals surface area (Å²) >= 11 is 0. The molecule has 1 aromatic heterocycles. The van der Waals surface area contributed by atoms with Crippen molar-refractivity contribution in [2.24, 2.45) is 0 Å². The van der Waals surface area contributed by atoms with Crippen LogP contribution < -0.4 is 14.8 Å². The van der Waals surface area contributed by atoms with Crippen LogP contribution in [0.1, 0.15) is 34.6 Å². The van der Waals surface area contributed by atoms with E-state index in [-0.39, 0.29) is 11.7 Å². The topological polar surface area (TPSA) is 65.4 Å². The third-order valence-corrected chi connectivity index (χ3v) is 5.27. The molecule has 2 aromatic carbocycles. The van der Waals surface area contributed by atoms with Gasteiger partial charge in [-0.3, -0.25) is 4.79 Å². The minimum atomic E-state index is -0.300. The number of carbonyl (C=O) groups is 1. The predicted molar refractivity (Wildman–Crippen MR) is 106 cm³/mol. The van der Waals surface area contributed by atoms with E-state index < -0.39 is 0 Å². The normalized spacial score (nSPS) is 14.9. The van der Waals surface area contributed by atoms with Crippen LogP contribution in [0.3, 0.4) is 0 Å². The molecule has 7 heteroatoms. The SMILES string of the molecule is O=C(Nc1ccc2c(c1)OCCO2)c1nn(-c2ccc(F)cc2)c2c1CCCC2. The van der Waals surface area contributed by atoms with Crippen LogP contribution in [0.2, 0.25) is 0 Å². The van der Waals surface area contributed by atoms with Gasteiger partial charge in [0.1, 0.15) is 19.0 Å². The molecule has 29 heavy (non-hydrogen) atoms. The highest BCUT2D eigenvalue weighted by molar-refractivity contribution is 6.04. The van der Waals surface area contributed by atoms with Gasteiger partial charge in [-0.2, -0.15) is 5.10 Å². The molecule has 5 rings (SSSR count). The fourth-order valence-electron chi connectivity index (χ4n) is 3.89. The average molecular weight is 393 g/mol. The van der Waals surface area contributed by atoms with Crippen LogP contribution in [0.25, 0.3) is 5.69 Å². The van der Waals surface area contributed by atoms with E-state index >= 15 is 0 Å². The first kappa shape index (κ1) is 17.7. The molecule has 0 bridgehead atoms. The number of fused-ring (bicyclic) bond motifs is 2. The van der Waals surface area contributed by atoms with Gasteiger partial charge in [0, 0.05) is 23.0 Å². The molecule has 1 aliphatic carbocycles. The lowest BCUT2D eigenvalue weighted by Crippen LogP contribution is -2.17. The lowest BCUT2D eigenvalue weighted by molar-refractivity contribution is 0.102. The number of hydrogen-bond donors (Lipinski definition) is 1. The van der Waals surface area contributed by atoms with Crippen LogP contribution in [-0.2, 0) is 12.8 Å². The van der Waals surface area contributed by atoms with Crippen molar-refractivity contribution in [3.05, 3.63) is 65.2 Å². The molecule has 148 valence electrons. The second-order valence-electron chi connectivity index (χ2n) is 7.18. The molecule has 2 aliphatic rings. The van der Waals surface area contributed by atoms with Crippen molar-refractivity contribution < 1.29 is 18.7 Å². The largest absolute Gasteiger partial charge is 0.486 e. The molecule has 1 N–H and O–H groups in total. The molecule has 0 saturated heterocycles. The standard InChI is InChI=1S/C22H20FN3O3/c23-14-5-8-16(9-6-14)26-18-4-2-1-3-17(18)21(25-26)22(27)24-15-7-10-19-20(13-15)29-12-11-28-19/h5-10,13H,1-4,11-12H2,(H,24,27). The number of nitrogens with one attached hydrogen (secondary N) is 1. The lowest BCUT2D eigenvalue weighted by Gasteiger charge is -2.19. The average Bonchev–Trinajstić information content (AvgIpc) is 3.14. The van der Waals surface area contributed by atoms with E-state index in [1.54, 1.807) is 35.0 Å². The first-order valence-electron chi connectivity index (χ1n) is 9.77. The fourth-order valence-corrected chi connectivity index (χ4v) is 3.89. The van der Waals surface area contributed by atoms with Gasteiger partial charge in [0.2, 0.25) is 0 Å². The molecule has 2 heterocycles. The van der Waals surface area contributed by atoms with Gasteiger partial charge < -0.3 is 14.8 Å². The Morgan fingerprint density at radius 3 is 2.59 bits per heavy atom. The second-order valence-corrected chi connectivity index (χ2v) is 7.18. The highest BCUT2D eigenvalue weighted by atomic mass is 19.1. The molecule has 0 saturated carbocycles. The van der Waals surface area contributed by atoms with Crippen LogP contribution in [0, 0.1) is 5.82 Å². The van der Waals surface area contributed by atoms with Crippen LogP contribution in [-0.4, -0.2) is 28.9 Å². The van der Waals surface area contributed by atoms with E-state index in [4.69, 9.17) is 9.47 Å². The van der Waals surface area contributed by atoms with Crippen LogP contribution >= 0.6 is 0 Å². The minimum absolute atomic E-state index is 0.263. The van der Waals surface area contributed by atoms with Crippen LogP contribution in [0.15, 0.2) is 42.5 Å². The van der Waals surface area contributed by atoms with Crippen molar-refractivity contribution in [3.8, 4) is 17.2 Å². The number of carbonyl (C=O) groups excluding carboxylic acids is 1. The summed E-state index contributed by atoms with van der Waals surface area (Å²) < 4.78 is 26.2. The number of aromatic nitrogens is 2. The Morgan fingerprint density at radius 2 is 1.76 bits per heavy atom. The summed E-state index contributed by atoms with van der Waals surface area (Å²) in [6.45, 7) is 1.01. The Morgan fingerprint density at radius 1 is 1.00 bits per heavy atom. The second kappa shape index (κ2) is 7.24. The molecule has 0 spiro atoms. The molecule has 1 amide bonds. The molecule has 1 aliphatic heterocycles. The third kappa shape index (κ3) is 3.33. The monoisotopic (exact) mass is 393 g/mol. The number of halogens is 1. The fraction of sp³-hybridized carbons (Fsp3) is 0.273. The molecule has 0 atom stereocenters. The summed E-state index contributed by atoms with van der Waals surface area (Å²) in [4.78, 5) is 13.0. The first-order chi connectivity index (χ1) is 14.2. The van der Waals surface area contributed by atoms with Crippen molar-refractivity contribution >= 4 is 11.6 Å². The highest BCUT2D eigenvalue weighted by Crippen LogP contribution is 2.33. The Balaban J connectivity index is 1.47. The summed E-state index contributed by atoms with van der Waals surface area (Å²) in [7, 11) is 0. The number of ether oxygens (including phenoxy) is 2. The van der Waals surface area contributed by atoms with Gasteiger partial charge in [-0.15, -0.1) is 0 Å². The summed E-state index contributed by atoms with van der Waals surface area (Å²) in [5, 5.41) is 7.52. The van der Waals surface area contributed by atoms with Crippen molar-refractivity contribution in [2.45, 2.75) is 25.7 Å². The van der Waals surface area contributed by atoms with Gasteiger partial charge in [-0.1, -0.05) is 0 Å². The maximum atomic E-state index is 13.3. The van der Waals surface area contributed by atoms with E-state index in [1.165, 1.54) is 12.1 Å². The number of benzene rings is 2. The summed E-state index contributed by atoms with van der Waals surface area (Å²) in [5.41, 5.74) is 3.78. The van der Waals surface area contributed by atoms with E-state index in [9.17, 15) is 9.18 Å². The van der Waals surface area contributed by atoms with Crippen molar-refractivity contribution in [1.82, 2.24) is 9.78 Å². The van der Waals surface area contributed by atoms with Gasteiger partial charge in [0.25, 0.3) is 5.91 Å². The minimum Gasteiger partial charge on any atom is -0.486 e. The Bertz CT molecular complexity index is 1080. The number of hydrogen-bond acceptors (Lipinski definition) is 4. The van der Waals surface area contributed by atoms with Gasteiger partial charge in [-0.25, -0.2) is 9.07 Å². The number of rotatable bonds is 3. The lowest BCUT2D eigenvalue weighted by atomic mass is 9.95. The molecule has 0 radical (unpaired) electrons. The molecular weight excluding hydrogens is 373 g/mol. The Kier molecular flexibility index (Phi) is 4.42. The van der Waals surface area contributed by atoms with E-state index in [0.717, 1.165) is 42.6 Å². The first-order valence-corrected chi connectivity index (χ1v) is 9.77. The zero-order valence-corrected chi connectivity index (χ0v) is 15.8. The highest BCUT2D eigenvalue weighted by Gasteiger charge is 2.26. The van der Waals surface area contributed by atoms with Crippen LogP contribution in [0.4, 0.5) is 10.1 Å². The molecule has 0 fully saturated rings. The molecule has 6 nitrogen and oxygen atoms in total. The summed E-state index contributed by atoms with van der Waals surface area (Å²) in [5.74, 6) is 0.729. The zero-order chi connectivity index (χ0) is 19.8. The smallest absolute Gasteiger partial charge is 0.276 e. The predicted octanol–water partition coefficient (Wildman–Crippen LogP) is 3.91. The Hall–Kier alpha value is -3.35. The van der Waals surface area contributed by atoms with Crippen molar-refractivity contribution in [3.63, 3.8) is 0 Å². The third-order valence-electron chi connectivity index (χ3n) is 5.27. The van der Waals surface area contributed by atoms with Gasteiger partial charge in [0.05, 0.1) is 5.69 Å². The molecule has 3 aromatic rings. The van der Waals surface area contributed by atoms with Gasteiger partial charge in [0.15, 0.2) is 17.2 Å². The summed E-state index contributed by atoms with van der Waals surface area (Å²) in [6, 6.07) is 11.5. The van der Waals surface area contributed by atoms with E-state index in [1.807, 2.05) is 0 Å². The van der Waals surface area contributed by atoms with E-state index in [2.05, 4.69) is 10.4 Å². The maximum absolute atomic E-state index is 13.3. The Labute approximate surface area is 167 Å². The quantitative estimate of drug-likeness (QED) is 0.733. The zero-order valence-electron chi connectivity index (χ0n) is 15.8. The maximum Gasteiger partial charge on any atom is 0.276 e. The molecular formula is C22H20FN3O3. The van der Waals surface area contributed by atoms with Gasteiger partial charge in [-0.05, 0) is 62.1 Å². The summed E-state index contributed by atoms with van der Waals surface area (Å²) in [6.07, 6.45) is 3.72. The van der Waals surface area contributed by atoms with E-state index in [0.29, 0.717) is 36.1 Å². The number of amides is 1.